The Morgan fingerprint density at radius 2 is 2.00 bits per heavy atom. The first-order valence-electron chi connectivity index (χ1n) is 6.51. The third-order valence-corrected chi connectivity index (χ3v) is 4.03. The summed E-state index contributed by atoms with van der Waals surface area (Å²) in [6, 6.07) is -0.315. The van der Waals surface area contributed by atoms with E-state index in [1.165, 1.54) is 18.7 Å². The summed E-state index contributed by atoms with van der Waals surface area (Å²) in [4.78, 5) is 24.2. The van der Waals surface area contributed by atoms with Gasteiger partial charge in [-0.05, 0) is 12.5 Å². The van der Waals surface area contributed by atoms with Gasteiger partial charge in [0.2, 0.25) is 5.91 Å². The number of amides is 1. The molecule has 0 spiro atoms. The number of carbonyl (C=O) groups is 2. The average molecular weight is 285 g/mol. The SMILES string of the molecule is CC(=O)OCC1=C(C(O)O)N2C(=O)[C@H]([C@@H](C)O)C2[C@H]1C. The van der Waals surface area contributed by atoms with Gasteiger partial charge < -0.3 is 25.0 Å². The zero-order chi connectivity index (χ0) is 15.2. The van der Waals surface area contributed by atoms with Crippen LogP contribution in [0.4, 0.5) is 0 Å². The molecule has 1 saturated heterocycles. The summed E-state index contributed by atoms with van der Waals surface area (Å²) in [5.41, 5.74) is 0.586. The maximum atomic E-state index is 12.0. The smallest absolute Gasteiger partial charge is 0.302 e. The van der Waals surface area contributed by atoms with E-state index in [4.69, 9.17) is 4.74 Å². The number of rotatable bonds is 4. The van der Waals surface area contributed by atoms with Crippen molar-refractivity contribution in [2.24, 2.45) is 11.8 Å². The summed E-state index contributed by atoms with van der Waals surface area (Å²) in [6.07, 6.45) is -2.62. The van der Waals surface area contributed by atoms with Gasteiger partial charge in [-0.25, -0.2) is 0 Å². The van der Waals surface area contributed by atoms with Gasteiger partial charge in [0.1, 0.15) is 6.61 Å². The standard InChI is InChI=1S/C13H19NO6/c1-5-8(4-20-7(3)16)11(13(18)19)14-10(5)9(6(2)15)12(14)17/h5-6,9-10,13,15,18-19H,4H2,1-3H3/t5-,6+,9+,10?/m0/s1. The van der Waals surface area contributed by atoms with Crippen molar-refractivity contribution in [3.63, 3.8) is 0 Å². The summed E-state index contributed by atoms with van der Waals surface area (Å²) in [5, 5.41) is 28.6. The number of β-lactam (4-membered cyclic amide) rings is 1. The molecular formula is C13H19NO6. The van der Waals surface area contributed by atoms with E-state index in [1.807, 2.05) is 6.92 Å². The zero-order valence-corrected chi connectivity index (χ0v) is 11.6. The van der Waals surface area contributed by atoms with Crippen LogP contribution in [0.5, 0.6) is 0 Å². The summed E-state index contributed by atoms with van der Waals surface area (Å²) < 4.78 is 4.91. The topological polar surface area (TPSA) is 107 Å². The van der Waals surface area contributed by atoms with Gasteiger partial charge in [0.15, 0.2) is 6.29 Å². The van der Waals surface area contributed by atoms with Crippen LogP contribution in [0.1, 0.15) is 20.8 Å². The van der Waals surface area contributed by atoms with Crippen molar-refractivity contribution in [2.45, 2.75) is 39.2 Å². The lowest BCUT2D eigenvalue weighted by molar-refractivity contribution is -0.164. The molecule has 2 aliphatic rings. The highest BCUT2D eigenvalue weighted by atomic mass is 16.5. The Labute approximate surface area is 116 Å². The molecule has 7 nitrogen and oxygen atoms in total. The number of aliphatic hydroxyl groups is 3. The fourth-order valence-electron chi connectivity index (χ4n) is 3.11. The molecular weight excluding hydrogens is 266 g/mol. The number of hydrogen-bond donors (Lipinski definition) is 3. The van der Waals surface area contributed by atoms with Gasteiger partial charge in [0, 0.05) is 12.8 Å². The number of hydrogen-bond acceptors (Lipinski definition) is 6. The number of aliphatic hydroxyl groups excluding tert-OH is 2. The van der Waals surface area contributed by atoms with Crippen molar-refractivity contribution in [3.05, 3.63) is 11.3 Å². The quantitative estimate of drug-likeness (QED) is 0.346. The molecule has 1 amide bonds. The minimum absolute atomic E-state index is 0.0747. The Hall–Kier alpha value is -1.44. The largest absolute Gasteiger partial charge is 0.461 e. The zero-order valence-electron chi connectivity index (χ0n) is 11.6. The molecule has 0 saturated carbocycles. The lowest BCUT2D eigenvalue weighted by Crippen LogP contribution is -2.63. The Balaban J connectivity index is 2.30. The second-order valence-corrected chi connectivity index (χ2v) is 5.32. The predicted molar refractivity (Wildman–Crippen MR) is 66.9 cm³/mol. The van der Waals surface area contributed by atoms with Gasteiger partial charge >= 0.3 is 5.97 Å². The Morgan fingerprint density at radius 1 is 1.40 bits per heavy atom. The molecule has 1 unspecified atom stereocenters. The molecule has 2 heterocycles. The second-order valence-electron chi connectivity index (χ2n) is 5.32. The lowest BCUT2D eigenvalue weighted by Gasteiger charge is -2.47. The average Bonchev–Trinajstić information content (AvgIpc) is 2.56. The molecule has 3 N–H and O–H groups in total. The van der Waals surface area contributed by atoms with E-state index in [9.17, 15) is 24.9 Å². The molecule has 0 aromatic carbocycles. The Bertz CT molecular complexity index is 469. The van der Waals surface area contributed by atoms with Crippen molar-refractivity contribution in [2.75, 3.05) is 6.61 Å². The van der Waals surface area contributed by atoms with Crippen molar-refractivity contribution < 1.29 is 29.6 Å². The molecule has 0 aromatic rings. The van der Waals surface area contributed by atoms with E-state index in [0.29, 0.717) is 5.57 Å². The van der Waals surface area contributed by atoms with Crippen molar-refractivity contribution in [3.8, 4) is 0 Å². The lowest BCUT2D eigenvalue weighted by atomic mass is 9.78. The van der Waals surface area contributed by atoms with E-state index in [2.05, 4.69) is 0 Å². The van der Waals surface area contributed by atoms with Gasteiger partial charge in [0.25, 0.3) is 0 Å². The van der Waals surface area contributed by atoms with Gasteiger partial charge in [0.05, 0.1) is 23.8 Å². The van der Waals surface area contributed by atoms with Crippen LogP contribution < -0.4 is 0 Å². The van der Waals surface area contributed by atoms with Gasteiger partial charge in [-0.15, -0.1) is 0 Å². The number of carbonyl (C=O) groups excluding carboxylic acids is 2. The van der Waals surface area contributed by atoms with Crippen LogP contribution in [-0.2, 0) is 14.3 Å². The fourth-order valence-corrected chi connectivity index (χ4v) is 3.11. The molecule has 0 radical (unpaired) electrons. The van der Waals surface area contributed by atoms with Crippen molar-refractivity contribution in [1.29, 1.82) is 0 Å². The molecule has 0 bridgehead atoms. The predicted octanol–water partition coefficient (Wildman–Crippen LogP) is -1.03. The van der Waals surface area contributed by atoms with E-state index < -0.39 is 24.3 Å². The molecule has 112 valence electrons. The Kier molecular flexibility index (Phi) is 3.86. The normalized spacial score (nSPS) is 30.4. The van der Waals surface area contributed by atoms with Gasteiger partial charge in [-0.1, -0.05) is 6.92 Å². The van der Waals surface area contributed by atoms with Crippen molar-refractivity contribution in [1.82, 2.24) is 4.90 Å². The van der Waals surface area contributed by atoms with Crippen LogP contribution >= 0.6 is 0 Å². The number of fused-ring (bicyclic) bond motifs is 1. The fraction of sp³-hybridized carbons (Fsp3) is 0.692. The third-order valence-electron chi connectivity index (χ3n) is 4.03. The molecule has 20 heavy (non-hydrogen) atoms. The van der Waals surface area contributed by atoms with E-state index >= 15 is 0 Å². The first kappa shape index (κ1) is 15.0. The maximum absolute atomic E-state index is 12.0. The van der Waals surface area contributed by atoms with Gasteiger partial charge in [-0.3, -0.25) is 9.59 Å². The first-order chi connectivity index (χ1) is 9.27. The molecule has 1 fully saturated rings. The summed E-state index contributed by atoms with van der Waals surface area (Å²) in [5.74, 6) is -1.58. The summed E-state index contributed by atoms with van der Waals surface area (Å²) in [7, 11) is 0. The highest BCUT2D eigenvalue weighted by Gasteiger charge is 2.59. The minimum Gasteiger partial charge on any atom is -0.461 e. The highest BCUT2D eigenvalue weighted by molar-refractivity contribution is 5.90. The van der Waals surface area contributed by atoms with E-state index in [-0.39, 0.29) is 30.2 Å². The third kappa shape index (κ3) is 2.11. The van der Waals surface area contributed by atoms with Crippen LogP contribution in [0.25, 0.3) is 0 Å². The van der Waals surface area contributed by atoms with Crippen LogP contribution in [-0.4, -0.2) is 57.1 Å². The Morgan fingerprint density at radius 3 is 2.45 bits per heavy atom. The number of ether oxygens (including phenoxy) is 1. The highest BCUT2D eigenvalue weighted by Crippen LogP contribution is 2.47. The van der Waals surface area contributed by atoms with Crippen LogP contribution in [0.3, 0.4) is 0 Å². The van der Waals surface area contributed by atoms with E-state index in [0.717, 1.165) is 0 Å². The maximum Gasteiger partial charge on any atom is 0.302 e. The number of esters is 1. The molecule has 2 rings (SSSR count). The second kappa shape index (κ2) is 5.16. The molecule has 0 aromatic heterocycles. The monoisotopic (exact) mass is 285 g/mol. The first-order valence-corrected chi connectivity index (χ1v) is 6.51. The summed E-state index contributed by atoms with van der Waals surface area (Å²) >= 11 is 0. The molecule has 0 aliphatic carbocycles. The van der Waals surface area contributed by atoms with Crippen LogP contribution in [0.15, 0.2) is 11.3 Å². The van der Waals surface area contributed by atoms with Crippen LogP contribution in [0.2, 0.25) is 0 Å². The molecule has 2 aliphatic heterocycles. The minimum atomic E-state index is -1.81. The van der Waals surface area contributed by atoms with Gasteiger partial charge in [-0.2, -0.15) is 0 Å². The summed E-state index contributed by atoms with van der Waals surface area (Å²) in [6.45, 7) is 4.52. The van der Waals surface area contributed by atoms with Crippen LogP contribution in [0, 0.1) is 11.8 Å². The van der Waals surface area contributed by atoms with Crippen molar-refractivity contribution >= 4 is 11.9 Å². The molecule has 7 heteroatoms. The molecule has 4 atom stereocenters. The van der Waals surface area contributed by atoms with E-state index in [1.54, 1.807) is 0 Å². The number of nitrogens with zero attached hydrogens (tertiary/aromatic N) is 1.